The SMILES string of the molecule is C[C@H]1C(CN2CC[C@H](NC(=O)C(F)(F)F)C2)=C(C(=O)O)N2C(=O)[C@@H]([C@@H](C)O)C12. The molecule has 3 N–H and O–H groups in total. The molecule has 0 aromatic heterocycles. The average molecular weight is 405 g/mol. The maximum Gasteiger partial charge on any atom is 0.471 e. The van der Waals surface area contributed by atoms with E-state index in [1.807, 2.05) is 5.32 Å². The fraction of sp³-hybridized carbons (Fsp3) is 0.706. The first-order chi connectivity index (χ1) is 12.9. The number of rotatable bonds is 5. The number of fused-ring (bicyclic) bond motifs is 1. The van der Waals surface area contributed by atoms with Gasteiger partial charge in [-0.15, -0.1) is 0 Å². The number of likely N-dealkylation sites (tertiary alicyclic amines) is 1. The Hall–Kier alpha value is -2.14. The van der Waals surface area contributed by atoms with Gasteiger partial charge in [-0.1, -0.05) is 6.92 Å². The zero-order chi connectivity index (χ0) is 21.0. The molecule has 0 radical (unpaired) electrons. The Labute approximate surface area is 159 Å². The second kappa shape index (κ2) is 7.03. The number of hydrogen-bond acceptors (Lipinski definition) is 5. The molecule has 0 spiro atoms. The molecule has 3 aliphatic heterocycles. The second-order valence-corrected chi connectivity index (χ2v) is 7.62. The van der Waals surface area contributed by atoms with Crippen LogP contribution in [0.3, 0.4) is 0 Å². The van der Waals surface area contributed by atoms with E-state index in [1.165, 1.54) is 11.8 Å². The van der Waals surface area contributed by atoms with Crippen LogP contribution in [0, 0.1) is 11.8 Å². The number of carbonyl (C=O) groups excluding carboxylic acids is 2. The lowest BCUT2D eigenvalue weighted by atomic mass is 9.77. The average Bonchev–Trinajstić information content (AvgIpc) is 3.09. The zero-order valence-corrected chi connectivity index (χ0v) is 15.4. The standard InChI is InChI=1S/C17H22F3N3O5/c1-7-10(6-22-4-3-9(5-22)21-16(28)17(18,19)20)13(15(26)27)23-12(7)11(8(2)24)14(23)25/h7-9,11-12,24H,3-6H2,1-2H3,(H,21,28)(H,26,27)/t7-,8+,9-,11-,12?/m0/s1. The van der Waals surface area contributed by atoms with Crippen LogP contribution in [0.25, 0.3) is 0 Å². The number of amides is 2. The van der Waals surface area contributed by atoms with Gasteiger partial charge in [-0.25, -0.2) is 4.79 Å². The van der Waals surface area contributed by atoms with Crippen LogP contribution < -0.4 is 5.32 Å². The van der Waals surface area contributed by atoms with Gasteiger partial charge in [0.2, 0.25) is 5.91 Å². The highest BCUT2D eigenvalue weighted by molar-refractivity contribution is 6.00. The molecule has 3 aliphatic rings. The van der Waals surface area contributed by atoms with E-state index in [1.54, 1.807) is 11.8 Å². The molecular formula is C17H22F3N3O5. The predicted octanol–water partition coefficient (Wildman–Crippen LogP) is -0.0646. The Balaban J connectivity index is 1.71. The summed E-state index contributed by atoms with van der Waals surface area (Å²) in [6, 6.07) is -1.11. The monoisotopic (exact) mass is 405 g/mol. The van der Waals surface area contributed by atoms with Gasteiger partial charge in [0.25, 0.3) is 0 Å². The first kappa shape index (κ1) is 20.6. The number of nitrogens with zero attached hydrogens (tertiary/aromatic N) is 2. The van der Waals surface area contributed by atoms with Crippen molar-refractivity contribution in [1.82, 2.24) is 15.1 Å². The summed E-state index contributed by atoms with van der Waals surface area (Å²) < 4.78 is 37.2. The number of aliphatic hydroxyl groups is 1. The number of aliphatic hydroxyl groups excluding tert-OH is 1. The van der Waals surface area contributed by atoms with Gasteiger partial charge in [-0.2, -0.15) is 13.2 Å². The van der Waals surface area contributed by atoms with Gasteiger partial charge in [0.15, 0.2) is 0 Å². The van der Waals surface area contributed by atoms with E-state index in [-0.39, 0.29) is 24.7 Å². The van der Waals surface area contributed by atoms with Crippen LogP contribution in [-0.2, 0) is 14.4 Å². The van der Waals surface area contributed by atoms with Crippen LogP contribution in [0.5, 0.6) is 0 Å². The highest BCUT2D eigenvalue weighted by Crippen LogP contribution is 2.47. The molecule has 0 aromatic rings. The highest BCUT2D eigenvalue weighted by atomic mass is 19.4. The number of aliphatic carboxylic acids is 1. The Morgan fingerprint density at radius 1 is 1.36 bits per heavy atom. The summed E-state index contributed by atoms with van der Waals surface area (Å²) in [4.78, 5) is 38.1. The van der Waals surface area contributed by atoms with Crippen LogP contribution in [0.4, 0.5) is 13.2 Å². The number of carbonyl (C=O) groups is 3. The van der Waals surface area contributed by atoms with Crippen molar-refractivity contribution in [2.24, 2.45) is 11.8 Å². The van der Waals surface area contributed by atoms with E-state index < -0.39 is 48.1 Å². The molecule has 2 amide bonds. The minimum Gasteiger partial charge on any atom is -0.477 e. The third-order valence-corrected chi connectivity index (χ3v) is 5.78. The van der Waals surface area contributed by atoms with Crippen molar-refractivity contribution in [1.29, 1.82) is 0 Å². The first-order valence-electron chi connectivity index (χ1n) is 9.01. The minimum atomic E-state index is -4.95. The van der Waals surface area contributed by atoms with E-state index in [4.69, 9.17) is 0 Å². The molecule has 5 atom stereocenters. The lowest BCUT2D eigenvalue weighted by molar-refractivity contribution is -0.174. The summed E-state index contributed by atoms with van der Waals surface area (Å²) in [6.07, 6.45) is -5.54. The lowest BCUT2D eigenvalue weighted by Crippen LogP contribution is -2.63. The van der Waals surface area contributed by atoms with Crippen molar-refractivity contribution >= 4 is 17.8 Å². The third-order valence-electron chi connectivity index (χ3n) is 5.78. The molecule has 3 heterocycles. The minimum absolute atomic E-state index is 0.109. The van der Waals surface area contributed by atoms with Crippen LogP contribution in [0.1, 0.15) is 20.3 Å². The molecule has 156 valence electrons. The summed E-state index contributed by atoms with van der Waals surface area (Å²) in [5.41, 5.74) is 0.402. The molecule has 3 rings (SSSR count). The van der Waals surface area contributed by atoms with Crippen molar-refractivity contribution in [2.75, 3.05) is 19.6 Å². The number of alkyl halides is 3. The summed E-state index contributed by atoms with van der Waals surface area (Å²) in [6.45, 7) is 3.99. The number of hydrogen-bond donors (Lipinski definition) is 3. The van der Waals surface area contributed by atoms with Crippen molar-refractivity contribution in [2.45, 2.75) is 44.6 Å². The van der Waals surface area contributed by atoms with Crippen LogP contribution in [-0.4, -0.2) is 81.8 Å². The first-order valence-corrected chi connectivity index (χ1v) is 9.01. The van der Waals surface area contributed by atoms with E-state index in [9.17, 15) is 37.8 Å². The van der Waals surface area contributed by atoms with E-state index >= 15 is 0 Å². The van der Waals surface area contributed by atoms with Gasteiger partial charge in [-0.05, 0) is 18.9 Å². The van der Waals surface area contributed by atoms with Gasteiger partial charge in [0, 0.05) is 31.6 Å². The van der Waals surface area contributed by atoms with Crippen molar-refractivity contribution in [3.05, 3.63) is 11.3 Å². The molecular weight excluding hydrogens is 383 g/mol. The second-order valence-electron chi connectivity index (χ2n) is 7.62. The Kier molecular flexibility index (Phi) is 5.17. The molecule has 11 heteroatoms. The number of carboxylic acids is 1. The Bertz CT molecular complexity index is 736. The topological polar surface area (TPSA) is 110 Å². The summed E-state index contributed by atoms with van der Waals surface area (Å²) in [5.74, 6) is -4.64. The van der Waals surface area contributed by atoms with Crippen molar-refractivity contribution in [3.63, 3.8) is 0 Å². The van der Waals surface area contributed by atoms with Gasteiger partial charge >= 0.3 is 18.1 Å². The predicted molar refractivity (Wildman–Crippen MR) is 88.7 cm³/mol. The largest absolute Gasteiger partial charge is 0.477 e. The zero-order valence-electron chi connectivity index (χ0n) is 15.4. The van der Waals surface area contributed by atoms with Gasteiger partial charge in [0.05, 0.1) is 18.1 Å². The number of halogens is 3. The van der Waals surface area contributed by atoms with E-state index in [0.717, 1.165) is 0 Å². The van der Waals surface area contributed by atoms with E-state index in [0.29, 0.717) is 18.5 Å². The van der Waals surface area contributed by atoms with E-state index in [2.05, 4.69) is 0 Å². The Morgan fingerprint density at radius 2 is 2.00 bits per heavy atom. The van der Waals surface area contributed by atoms with Gasteiger partial charge < -0.3 is 20.4 Å². The molecule has 8 nitrogen and oxygen atoms in total. The molecule has 2 saturated heterocycles. The number of carboxylic acid groups (broad SMARTS) is 1. The molecule has 0 aromatic carbocycles. The summed E-state index contributed by atoms with van der Waals surface area (Å²) in [5, 5.41) is 21.4. The smallest absolute Gasteiger partial charge is 0.471 e. The quantitative estimate of drug-likeness (QED) is 0.553. The maximum atomic E-state index is 12.4. The fourth-order valence-electron chi connectivity index (χ4n) is 4.46. The molecule has 0 saturated carbocycles. The van der Waals surface area contributed by atoms with Gasteiger partial charge in [-0.3, -0.25) is 14.5 Å². The van der Waals surface area contributed by atoms with Crippen LogP contribution >= 0.6 is 0 Å². The molecule has 1 unspecified atom stereocenters. The van der Waals surface area contributed by atoms with Crippen LogP contribution in [0.2, 0.25) is 0 Å². The van der Waals surface area contributed by atoms with Crippen molar-refractivity contribution < 1.29 is 37.8 Å². The number of nitrogens with one attached hydrogen (secondary N) is 1. The third kappa shape index (κ3) is 3.37. The summed E-state index contributed by atoms with van der Waals surface area (Å²) >= 11 is 0. The van der Waals surface area contributed by atoms with Crippen LogP contribution in [0.15, 0.2) is 11.3 Å². The normalized spacial score (nSPS) is 31.6. The maximum absolute atomic E-state index is 12.4. The van der Waals surface area contributed by atoms with Crippen molar-refractivity contribution in [3.8, 4) is 0 Å². The fourth-order valence-corrected chi connectivity index (χ4v) is 4.46. The summed E-state index contributed by atoms with van der Waals surface area (Å²) in [7, 11) is 0. The molecule has 0 aliphatic carbocycles. The molecule has 28 heavy (non-hydrogen) atoms. The molecule has 2 fully saturated rings. The highest BCUT2D eigenvalue weighted by Gasteiger charge is 2.59. The van der Waals surface area contributed by atoms with Gasteiger partial charge in [0.1, 0.15) is 5.70 Å². The number of β-lactam (4-membered cyclic amide) rings is 1. The lowest BCUT2D eigenvalue weighted by Gasteiger charge is -2.46. The Morgan fingerprint density at radius 3 is 2.54 bits per heavy atom. The molecule has 0 bridgehead atoms.